The summed E-state index contributed by atoms with van der Waals surface area (Å²) in [7, 11) is 0. The SMILES string of the molecule is CC(C)(C)C(O)COc1ccc(F)cc1CO. The monoisotopic (exact) mass is 242 g/mol. The molecule has 0 amide bonds. The fourth-order valence-corrected chi connectivity index (χ4v) is 1.23. The molecule has 0 heterocycles. The quantitative estimate of drug-likeness (QED) is 0.850. The molecular formula is C13H19FO3. The summed E-state index contributed by atoms with van der Waals surface area (Å²) in [6, 6.07) is 3.94. The molecule has 2 N–H and O–H groups in total. The number of rotatable bonds is 4. The molecule has 4 heteroatoms. The zero-order chi connectivity index (χ0) is 13.1. The number of hydrogen-bond donors (Lipinski definition) is 2. The van der Waals surface area contributed by atoms with Crippen molar-refractivity contribution in [3.8, 4) is 5.75 Å². The Hall–Kier alpha value is -1.13. The maximum absolute atomic E-state index is 12.9. The number of hydrogen-bond acceptors (Lipinski definition) is 3. The summed E-state index contributed by atoms with van der Waals surface area (Å²) in [5, 5.41) is 18.9. The molecule has 1 rings (SSSR count). The van der Waals surface area contributed by atoms with E-state index in [0.29, 0.717) is 11.3 Å². The molecule has 0 bridgehead atoms. The molecule has 1 atom stereocenters. The lowest BCUT2D eigenvalue weighted by Crippen LogP contribution is -2.32. The van der Waals surface area contributed by atoms with E-state index in [1.807, 2.05) is 20.8 Å². The van der Waals surface area contributed by atoms with Crippen molar-refractivity contribution in [2.24, 2.45) is 5.41 Å². The summed E-state index contributed by atoms with van der Waals surface area (Å²) >= 11 is 0. The highest BCUT2D eigenvalue weighted by Crippen LogP contribution is 2.23. The lowest BCUT2D eigenvalue weighted by atomic mass is 9.90. The van der Waals surface area contributed by atoms with Crippen LogP contribution in [0.5, 0.6) is 5.75 Å². The maximum atomic E-state index is 12.9. The summed E-state index contributed by atoms with van der Waals surface area (Å²) < 4.78 is 18.3. The first-order chi connectivity index (χ1) is 7.84. The summed E-state index contributed by atoms with van der Waals surface area (Å²) in [6.45, 7) is 5.52. The van der Waals surface area contributed by atoms with Gasteiger partial charge in [-0.25, -0.2) is 4.39 Å². The molecule has 0 aliphatic rings. The largest absolute Gasteiger partial charge is 0.490 e. The Balaban J connectivity index is 2.69. The van der Waals surface area contributed by atoms with Crippen LogP contribution < -0.4 is 4.74 Å². The van der Waals surface area contributed by atoms with Crippen LogP contribution in [0.2, 0.25) is 0 Å². The second kappa shape index (κ2) is 5.47. The van der Waals surface area contributed by atoms with Gasteiger partial charge < -0.3 is 14.9 Å². The van der Waals surface area contributed by atoms with E-state index in [1.165, 1.54) is 18.2 Å². The zero-order valence-corrected chi connectivity index (χ0v) is 10.4. The first-order valence-corrected chi connectivity index (χ1v) is 5.54. The van der Waals surface area contributed by atoms with Crippen LogP contribution in [0.4, 0.5) is 4.39 Å². The standard InChI is InChI=1S/C13H19FO3/c1-13(2,3)12(16)8-17-11-5-4-10(14)6-9(11)7-15/h4-6,12,15-16H,7-8H2,1-3H3. The van der Waals surface area contributed by atoms with E-state index in [2.05, 4.69) is 0 Å². The van der Waals surface area contributed by atoms with E-state index in [-0.39, 0.29) is 18.6 Å². The van der Waals surface area contributed by atoms with Crippen molar-refractivity contribution in [1.29, 1.82) is 0 Å². The first kappa shape index (κ1) is 13.9. The van der Waals surface area contributed by atoms with Crippen LogP contribution in [0.1, 0.15) is 26.3 Å². The molecule has 0 radical (unpaired) electrons. The van der Waals surface area contributed by atoms with Gasteiger partial charge in [0.2, 0.25) is 0 Å². The second-order valence-corrected chi connectivity index (χ2v) is 5.10. The van der Waals surface area contributed by atoms with Crippen LogP contribution in [0.15, 0.2) is 18.2 Å². The number of aliphatic hydroxyl groups is 2. The van der Waals surface area contributed by atoms with Crippen molar-refractivity contribution in [1.82, 2.24) is 0 Å². The Morgan fingerprint density at radius 2 is 2.00 bits per heavy atom. The molecule has 0 aliphatic carbocycles. The molecule has 1 aromatic carbocycles. The van der Waals surface area contributed by atoms with Crippen molar-refractivity contribution in [3.05, 3.63) is 29.6 Å². The molecule has 96 valence electrons. The normalized spacial score (nSPS) is 13.5. The highest BCUT2D eigenvalue weighted by atomic mass is 19.1. The highest BCUT2D eigenvalue weighted by Gasteiger charge is 2.22. The Morgan fingerprint density at radius 1 is 1.35 bits per heavy atom. The fraction of sp³-hybridized carbons (Fsp3) is 0.538. The van der Waals surface area contributed by atoms with E-state index >= 15 is 0 Å². The zero-order valence-electron chi connectivity index (χ0n) is 10.4. The van der Waals surface area contributed by atoms with Crippen LogP contribution in [-0.2, 0) is 6.61 Å². The third-order valence-electron chi connectivity index (χ3n) is 2.59. The maximum Gasteiger partial charge on any atom is 0.125 e. The Morgan fingerprint density at radius 3 is 2.53 bits per heavy atom. The van der Waals surface area contributed by atoms with Crippen LogP contribution >= 0.6 is 0 Å². The van der Waals surface area contributed by atoms with Gasteiger partial charge in [-0.2, -0.15) is 0 Å². The van der Waals surface area contributed by atoms with Crippen LogP contribution in [-0.4, -0.2) is 22.9 Å². The van der Waals surface area contributed by atoms with Gasteiger partial charge in [-0.15, -0.1) is 0 Å². The van der Waals surface area contributed by atoms with Gasteiger partial charge in [-0.3, -0.25) is 0 Å². The summed E-state index contributed by atoms with van der Waals surface area (Å²) in [5.41, 5.74) is 0.102. The van der Waals surface area contributed by atoms with Crippen molar-refractivity contribution < 1.29 is 19.3 Å². The lowest BCUT2D eigenvalue weighted by Gasteiger charge is -2.26. The summed E-state index contributed by atoms with van der Waals surface area (Å²) in [5.74, 6) is -0.0185. The van der Waals surface area contributed by atoms with E-state index in [1.54, 1.807) is 0 Å². The van der Waals surface area contributed by atoms with E-state index in [0.717, 1.165) is 0 Å². The van der Waals surface area contributed by atoms with Gasteiger partial charge in [0.1, 0.15) is 18.2 Å². The average molecular weight is 242 g/mol. The highest BCUT2D eigenvalue weighted by molar-refractivity contribution is 5.33. The molecule has 0 aliphatic heterocycles. The van der Waals surface area contributed by atoms with Gasteiger partial charge in [0.05, 0.1) is 12.7 Å². The molecule has 0 saturated heterocycles. The molecule has 0 aromatic heterocycles. The van der Waals surface area contributed by atoms with E-state index < -0.39 is 11.9 Å². The van der Waals surface area contributed by atoms with Gasteiger partial charge in [0.15, 0.2) is 0 Å². The molecule has 0 spiro atoms. The van der Waals surface area contributed by atoms with Crippen LogP contribution in [0.3, 0.4) is 0 Å². The topological polar surface area (TPSA) is 49.7 Å². The molecule has 0 fully saturated rings. The summed E-state index contributed by atoms with van der Waals surface area (Å²) in [6.07, 6.45) is -0.626. The van der Waals surface area contributed by atoms with Crippen molar-refractivity contribution in [2.45, 2.75) is 33.5 Å². The minimum absolute atomic E-state index is 0.113. The van der Waals surface area contributed by atoms with E-state index in [9.17, 15) is 9.50 Å². The minimum Gasteiger partial charge on any atom is -0.490 e. The third kappa shape index (κ3) is 3.98. The van der Waals surface area contributed by atoms with E-state index in [4.69, 9.17) is 9.84 Å². The van der Waals surface area contributed by atoms with Crippen molar-refractivity contribution in [3.63, 3.8) is 0 Å². The van der Waals surface area contributed by atoms with Crippen LogP contribution in [0.25, 0.3) is 0 Å². The van der Waals surface area contributed by atoms with Gasteiger partial charge in [-0.05, 0) is 23.6 Å². The number of benzene rings is 1. The molecule has 0 saturated carbocycles. The number of aliphatic hydroxyl groups excluding tert-OH is 2. The van der Waals surface area contributed by atoms with Gasteiger partial charge in [-0.1, -0.05) is 20.8 Å². The van der Waals surface area contributed by atoms with Crippen molar-refractivity contribution in [2.75, 3.05) is 6.61 Å². The molecular weight excluding hydrogens is 223 g/mol. The van der Waals surface area contributed by atoms with Gasteiger partial charge in [0.25, 0.3) is 0 Å². The molecule has 1 unspecified atom stereocenters. The smallest absolute Gasteiger partial charge is 0.125 e. The predicted octanol–water partition coefficient (Wildman–Crippen LogP) is 2.10. The van der Waals surface area contributed by atoms with Gasteiger partial charge in [0, 0.05) is 5.56 Å². The molecule has 1 aromatic rings. The predicted molar refractivity (Wildman–Crippen MR) is 63.3 cm³/mol. The molecule has 3 nitrogen and oxygen atoms in total. The summed E-state index contributed by atoms with van der Waals surface area (Å²) in [4.78, 5) is 0. The Labute approximate surface area is 101 Å². The third-order valence-corrected chi connectivity index (χ3v) is 2.59. The second-order valence-electron chi connectivity index (χ2n) is 5.10. The fourth-order valence-electron chi connectivity index (χ4n) is 1.23. The average Bonchev–Trinajstić information content (AvgIpc) is 2.25. The first-order valence-electron chi connectivity index (χ1n) is 5.54. The lowest BCUT2D eigenvalue weighted by molar-refractivity contribution is 0.0212. The number of ether oxygens (including phenoxy) is 1. The van der Waals surface area contributed by atoms with Gasteiger partial charge >= 0.3 is 0 Å². The molecule has 17 heavy (non-hydrogen) atoms. The number of halogens is 1. The van der Waals surface area contributed by atoms with Crippen molar-refractivity contribution >= 4 is 0 Å². The van der Waals surface area contributed by atoms with Crippen LogP contribution in [0, 0.1) is 11.2 Å². The Kier molecular flexibility index (Phi) is 4.48. The Bertz CT molecular complexity index is 371. The minimum atomic E-state index is -0.626.